The van der Waals surface area contributed by atoms with Crippen LogP contribution in [0.1, 0.15) is 35.7 Å². The summed E-state index contributed by atoms with van der Waals surface area (Å²) >= 11 is 0. The van der Waals surface area contributed by atoms with Gasteiger partial charge in [0.05, 0.1) is 5.56 Å². The standard InChI is InChI=1S/C15H16FNO2/c1-15(6-7-15)10-17-14(19)12-9-11(3-2-8-18)4-5-13(12)16/h4-5,9,18H,6-8,10H2,1H3,(H,17,19). The van der Waals surface area contributed by atoms with Crippen LogP contribution in [0.2, 0.25) is 0 Å². The number of carbonyl (C=O) groups is 1. The molecule has 1 aliphatic carbocycles. The van der Waals surface area contributed by atoms with Crippen LogP contribution in [0, 0.1) is 23.1 Å². The third-order valence-corrected chi connectivity index (χ3v) is 3.30. The molecule has 3 nitrogen and oxygen atoms in total. The Kier molecular flexibility index (Phi) is 3.87. The third-order valence-electron chi connectivity index (χ3n) is 3.30. The first-order valence-electron chi connectivity index (χ1n) is 6.22. The van der Waals surface area contributed by atoms with Gasteiger partial charge in [-0.3, -0.25) is 4.79 Å². The second kappa shape index (κ2) is 5.41. The van der Waals surface area contributed by atoms with Crippen molar-refractivity contribution < 1.29 is 14.3 Å². The highest BCUT2D eigenvalue weighted by atomic mass is 19.1. The molecule has 0 unspecified atom stereocenters. The van der Waals surface area contributed by atoms with Gasteiger partial charge in [-0.05, 0) is 36.5 Å². The number of rotatable bonds is 3. The number of carbonyl (C=O) groups excluding carboxylic acids is 1. The van der Waals surface area contributed by atoms with E-state index in [1.54, 1.807) is 0 Å². The fraction of sp³-hybridized carbons (Fsp3) is 0.400. The number of hydrogen-bond acceptors (Lipinski definition) is 2. The van der Waals surface area contributed by atoms with E-state index in [9.17, 15) is 9.18 Å². The van der Waals surface area contributed by atoms with Crippen LogP contribution >= 0.6 is 0 Å². The Hall–Kier alpha value is -1.86. The maximum absolute atomic E-state index is 13.6. The van der Waals surface area contributed by atoms with E-state index in [0.717, 1.165) is 12.8 Å². The Balaban J connectivity index is 2.10. The molecule has 0 aliphatic heterocycles. The predicted octanol–water partition coefficient (Wildman–Crippen LogP) is 1.70. The summed E-state index contributed by atoms with van der Waals surface area (Å²) in [4.78, 5) is 11.9. The van der Waals surface area contributed by atoms with Gasteiger partial charge in [0, 0.05) is 12.1 Å². The molecule has 0 radical (unpaired) electrons. The van der Waals surface area contributed by atoms with E-state index in [2.05, 4.69) is 24.1 Å². The number of amides is 1. The van der Waals surface area contributed by atoms with E-state index in [4.69, 9.17) is 5.11 Å². The Bertz CT molecular complexity index is 553. The average Bonchev–Trinajstić information content (AvgIpc) is 3.13. The lowest BCUT2D eigenvalue weighted by Crippen LogP contribution is -2.29. The van der Waals surface area contributed by atoms with Crippen LogP contribution < -0.4 is 5.32 Å². The molecule has 1 aliphatic rings. The fourth-order valence-corrected chi connectivity index (χ4v) is 1.70. The van der Waals surface area contributed by atoms with Gasteiger partial charge in [-0.25, -0.2) is 4.39 Å². The molecule has 1 saturated carbocycles. The van der Waals surface area contributed by atoms with Crippen molar-refractivity contribution in [3.63, 3.8) is 0 Å². The zero-order chi connectivity index (χ0) is 13.9. The molecule has 0 saturated heterocycles. The minimum absolute atomic E-state index is 0.00557. The van der Waals surface area contributed by atoms with E-state index in [-0.39, 0.29) is 17.6 Å². The van der Waals surface area contributed by atoms with Crippen LogP contribution in [0.4, 0.5) is 4.39 Å². The lowest BCUT2D eigenvalue weighted by Gasteiger charge is -2.10. The number of aliphatic hydroxyl groups excluding tert-OH is 1. The van der Waals surface area contributed by atoms with Crippen LogP contribution in [-0.4, -0.2) is 24.2 Å². The van der Waals surface area contributed by atoms with Gasteiger partial charge >= 0.3 is 0 Å². The number of aliphatic hydroxyl groups is 1. The molecule has 0 heterocycles. The Morgan fingerprint density at radius 1 is 1.53 bits per heavy atom. The zero-order valence-corrected chi connectivity index (χ0v) is 10.8. The Morgan fingerprint density at radius 3 is 2.89 bits per heavy atom. The number of halogens is 1. The number of benzene rings is 1. The van der Waals surface area contributed by atoms with E-state index in [1.165, 1.54) is 18.2 Å². The maximum atomic E-state index is 13.6. The van der Waals surface area contributed by atoms with Crippen molar-refractivity contribution in [3.05, 3.63) is 35.1 Å². The van der Waals surface area contributed by atoms with Gasteiger partial charge in [-0.15, -0.1) is 0 Å². The van der Waals surface area contributed by atoms with Crippen LogP contribution in [0.15, 0.2) is 18.2 Å². The van der Waals surface area contributed by atoms with Crippen LogP contribution in [0.3, 0.4) is 0 Å². The molecule has 0 aromatic heterocycles. The molecular weight excluding hydrogens is 245 g/mol. The second-order valence-electron chi connectivity index (χ2n) is 5.15. The van der Waals surface area contributed by atoms with Gasteiger partial charge in [0.2, 0.25) is 0 Å². The number of hydrogen-bond donors (Lipinski definition) is 2. The Morgan fingerprint density at radius 2 is 2.26 bits per heavy atom. The molecule has 2 N–H and O–H groups in total. The maximum Gasteiger partial charge on any atom is 0.254 e. The molecule has 19 heavy (non-hydrogen) atoms. The first kappa shape index (κ1) is 13.6. The van der Waals surface area contributed by atoms with Crippen molar-refractivity contribution in [3.8, 4) is 11.8 Å². The highest BCUT2D eigenvalue weighted by Gasteiger charge is 2.37. The highest BCUT2D eigenvalue weighted by Crippen LogP contribution is 2.44. The minimum Gasteiger partial charge on any atom is -0.384 e. The summed E-state index contributed by atoms with van der Waals surface area (Å²) in [6.45, 7) is 2.39. The summed E-state index contributed by atoms with van der Waals surface area (Å²) in [6, 6.07) is 4.11. The van der Waals surface area contributed by atoms with Crippen molar-refractivity contribution >= 4 is 5.91 Å². The van der Waals surface area contributed by atoms with E-state index >= 15 is 0 Å². The van der Waals surface area contributed by atoms with Gasteiger partial charge in [-0.1, -0.05) is 18.8 Å². The van der Waals surface area contributed by atoms with Crippen LogP contribution in [0.25, 0.3) is 0 Å². The molecule has 1 aromatic carbocycles. The van der Waals surface area contributed by atoms with Gasteiger partial charge in [0.25, 0.3) is 5.91 Å². The summed E-state index contributed by atoms with van der Waals surface area (Å²) in [5.74, 6) is 4.14. The molecule has 100 valence electrons. The summed E-state index contributed by atoms with van der Waals surface area (Å²) in [6.07, 6.45) is 2.19. The molecule has 1 amide bonds. The van der Waals surface area contributed by atoms with Gasteiger partial charge in [0.1, 0.15) is 12.4 Å². The lowest BCUT2D eigenvalue weighted by molar-refractivity contribution is 0.0942. The zero-order valence-electron chi connectivity index (χ0n) is 10.8. The van der Waals surface area contributed by atoms with E-state index < -0.39 is 11.7 Å². The molecule has 0 spiro atoms. The van der Waals surface area contributed by atoms with E-state index in [0.29, 0.717) is 12.1 Å². The van der Waals surface area contributed by atoms with Crippen molar-refractivity contribution in [1.29, 1.82) is 0 Å². The predicted molar refractivity (Wildman–Crippen MR) is 70.0 cm³/mol. The molecule has 0 bridgehead atoms. The monoisotopic (exact) mass is 261 g/mol. The number of nitrogens with one attached hydrogen (secondary N) is 1. The van der Waals surface area contributed by atoms with Crippen molar-refractivity contribution in [2.24, 2.45) is 5.41 Å². The molecular formula is C15H16FNO2. The van der Waals surface area contributed by atoms with Gasteiger partial charge < -0.3 is 10.4 Å². The highest BCUT2D eigenvalue weighted by molar-refractivity contribution is 5.94. The minimum atomic E-state index is -0.562. The summed E-state index contributed by atoms with van der Waals surface area (Å²) < 4.78 is 13.6. The molecule has 1 aromatic rings. The SMILES string of the molecule is CC1(CNC(=O)c2cc(C#CCO)ccc2F)CC1. The topological polar surface area (TPSA) is 49.3 Å². The largest absolute Gasteiger partial charge is 0.384 e. The first-order valence-corrected chi connectivity index (χ1v) is 6.22. The molecule has 1 fully saturated rings. The van der Waals surface area contributed by atoms with Crippen molar-refractivity contribution in [1.82, 2.24) is 5.32 Å². The van der Waals surface area contributed by atoms with Crippen molar-refractivity contribution in [2.45, 2.75) is 19.8 Å². The quantitative estimate of drug-likeness (QED) is 0.814. The normalized spacial score (nSPS) is 15.3. The van der Waals surface area contributed by atoms with Crippen LogP contribution in [0.5, 0.6) is 0 Å². The second-order valence-corrected chi connectivity index (χ2v) is 5.15. The Labute approximate surface area is 111 Å². The smallest absolute Gasteiger partial charge is 0.254 e. The van der Waals surface area contributed by atoms with Crippen molar-refractivity contribution in [2.75, 3.05) is 13.2 Å². The van der Waals surface area contributed by atoms with Gasteiger partial charge in [0.15, 0.2) is 0 Å². The summed E-state index contributed by atoms with van der Waals surface area (Å²) in [5, 5.41) is 11.4. The molecule has 4 heteroatoms. The fourth-order valence-electron chi connectivity index (χ4n) is 1.70. The first-order chi connectivity index (χ1) is 9.04. The molecule has 2 rings (SSSR count). The lowest BCUT2D eigenvalue weighted by atomic mass is 10.1. The van der Waals surface area contributed by atoms with Crippen LogP contribution in [-0.2, 0) is 0 Å². The molecule has 0 atom stereocenters. The van der Waals surface area contributed by atoms with E-state index in [1.807, 2.05) is 0 Å². The average molecular weight is 261 g/mol. The summed E-state index contributed by atoms with van der Waals surface area (Å²) in [5.41, 5.74) is 0.688. The summed E-state index contributed by atoms with van der Waals surface area (Å²) in [7, 11) is 0. The van der Waals surface area contributed by atoms with Gasteiger partial charge in [-0.2, -0.15) is 0 Å². The third kappa shape index (κ3) is 3.55.